The Hall–Kier alpha value is -2.92. The Morgan fingerprint density at radius 2 is 2.00 bits per heavy atom. The molecule has 0 saturated heterocycles. The number of rotatable bonds is 6. The SMILES string of the molecule is CC(NC(=O)CC(C)(O)c1ccccc1)c1cccc(-n2ccnc2)c1. The lowest BCUT2D eigenvalue weighted by molar-refractivity contribution is -0.126. The van der Waals surface area contributed by atoms with Crippen molar-refractivity contribution in [3.63, 3.8) is 0 Å². The Labute approximate surface area is 153 Å². The molecule has 0 saturated carbocycles. The number of nitrogens with zero attached hydrogens (tertiary/aromatic N) is 2. The molecule has 0 aliphatic heterocycles. The zero-order chi connectivity index (χ0) is 18.6. The van der Waals surface area contributed by atoms with Gasteiger partial charge in [-0.3, -0.25) is 4.79 Å². The summed E-state index contributed by atoms with van der Waals surface area (Å²) in [6, 6.07) is 17.0. The van der Waals surface area contributed by atoms with Gasteiger partial charge in [0, 0.05) is 18.1 Å². The number of imidazole rings is 1. The fourth-order valence-electron chi connectivity index (χ4n) is 2.95. The first-order chi connectivity index (χ1) is 12.5. The summed E-state index contributed by atoms with van der Waals surface area (Å²) >= 11 is 0. The fraction of sp³-hybridized carbons (Fsp3) is 0.238. The van der Waals surface area contributed by atoms with Crippen molar-refractivity contribution in [1.29, 1.82) is 0 Å². The molecule has 2 unspecified atom stereocenters. The summed E-state index contributed by atoms with van der Waals surface area (Å²) in [5.74, 6) is -0.195. The maximum Gasteiger partial charge on any atom is 0.223 e. The third kappa shape index (κ3) is 4.18. The second kappa shape index (κ2) is 7.54. The summed E-state index contributed by atoms with van der Waals surface area (Å²) in [5.41, 5.74) is 1.50. The van der Waals surface area contributed by atoms with Crippen LogP contribution in [0.4, 0.5) is 0 Å². The molecule has 3 aromatic rings. The van der Waals surface area contributed by atoms with E-state index in [1.807, 2.05) is 72.3 Å². The highest BCUT2D eigenvalue weighted by Crippen LogP contribution is 2.25. The van der Waals surface area contributed by atoms with Crippen LogP contribution in [0.3, 0.4) is 0 Å². The minimum Gasteiger partial charge on any atom is -0.385 e. The van der Waals surface area contributed by atoms with Gasteiger partial charge in [0.25, 0.3) is 0 Å². The van der Waals surface area contributed by atoms with Gasteiger partial charge in [0.2, 0.25) is 5.91 Å². The number of aliphatic hydroxyl groups is 1. The van der Waals surface area contributed by atoms with E-state index in [2.05, 4.69) is 10.3 Å². The van der Waals surface area contributed by atoms with Crippen LogP contribution in [0.15, 0.2) is 73.3 Å². The second-order valence-corrected chi connectivity index (χ2v) is 6.67. The molecule has 2 atom stereocenters. The van der Waals surface area contributed by atoms with Crippen LogP contribution in [0.5, 0.6) is 0 Å². The van der Waals surface area contributed by atoms with Crippen LogP contribution in [0.2, 0.25) is 0 Å². The Balaban J connectivity index is 1.67. The predicted octanol–water partition coefficient (Wildman–Crippen LogP) is 3.35. The first-order valence-electron chi connectivity index (χ1n) is 8.61. The second-order valence-electron chi connectivity index (χ2n) is 6.67. The van der Waals surface area contributed by atoms with Gasteiger partial charge < -0.3 is 15.0 Å². The van der Waals surface area contributed by atoms with Crippen LogP contribution in [0.1, 0.15) is 37.4 Å². The van der Waals surface area contributed by atoms with E-state index >= 15 is 0 Å². The molecule has 1 heterocycles. The average molecular weight is 349 g/mol. The zero-order valence-electron chi connectivity index (χ0n) is 15.0. The number of aromatic nitrogens is 2. The number of amides is 1. The van der Waals surface area contributed by atoms with E-state index < -0.39 is 5.60 Å². The minimum atomic E-state index is -1.20. The summed E-state index contributed by atoms with van der Waals surface area (Å²) in [6.07, 6.45) is 5.34. The number of hydrogen-bond acceptors (Lipinski definition) is 3. The summed E-state index contributed by atoms with van der Waals surface area (Å²) < 4.78 is 1.91. The van der Waals surface area contributed by atoms with Gasteiger partial charge in [-0.2, -0.15) is 0 Å². The third-order valence-corrected chi connectivity index (χ3v) is 4.45. The van der Waals surface area contributed by atoms with Crippen molar-refractivity contribution in [1.82, 2.24) is 14.9 Å². The van der Waals surface area contributed by atoms with Crippen LogP contribution in [0, 0.1) is 0 Å². The summed E-state index contributed by atoms with van der Waals surface area (Å²) in [5, 5.41) is 13.6. The van der Waals surface area contributed by atoms with Gasteiger partial charge in [0.15, 0.2) is 0 Å². The normalized spacial score (nSPS) is 14.4. The highest BCUT2D eigenvalue weighted by molar-refractivity contribution is 5.77. The average Bonchev–Trinajstić information content (AvgIpc) is 3.17. The van der Waals surface area contributed by atoms with E-state index in [-0.39, 0.29) is 18.4 Å². The van der Waals surface area contributed by atoms with Crippen LogP contribution in [-0.4, -0.2) is 20.6 Å². The van der Waals surface area contributed by atoms with E-state index in [1.54, 1.807) is 19.4 Å². The molecular formula is C21H23N3O2. The lowest BCUT2D eigenvalue weighted by Crippen LogP contribution is -2.34. The quantitative estimate of drug-likeness (QED) is 0.717. The number of hydrogen-bond donors (Lipinski definition) is 2. The molecule has 1 amide bonds. The van der Waals surface area contributed by atoms with Crippen LogP contribution < -0.4 is 5.32 Å². The number of benzene rings is 2. The largest absolute Gasteiger partial charge is 0.385 e. The van der Waals surface area contributed by atoms with Gasteiger partial charge in [-0.25, -0.2) is 4.98 Å². The van der Waals surface area contributed by atoms with Gasteiger partial charge in [-0.1, -0.05) is 42.5 Å². The molecule has 0 fully saturated rings. The first-order valence-corrected chi connectivity index (χ1v) is 8.61. The Morgan fingerprint density at radius 1 is 1.23 bits per heavy atom. The fourth-order valence-corrected chi connectivity index (χ4v) is 2.95. The predicted molar refractivity (Wildman–Crippen MR) is 101 cm³/mol. The molecule has 0 spiro atoms. The molecule has 2 N–H and O–H groups in total. The summed E-state index contributed by atoms with van der Waals surface area (Å²) in [6.45, 7) is 3.59. The summed E-state index contributed by atoms with van der Waals surface area (Å²) in [4.78, 5) is 16.5. The molecule has 3 rings (SSSR count). The Kier molecular flexibility index (Phi) is 5.19. The summed E-state index contributed by atoms with van der Waals surface area (Å²) in [7, 11) is 0. The van der Waals surface area contributed by atoms with Gasteiger partial charge in [0.1, 0.15) is 0 Å². The van der Waals surface area contributed by atoms with Crippen molar-refractivity contribution >= 4 is 5.91 Å². The van der Waals surface area contributed by atoms with E-state index in [0.717, 1.165) is 16.8 Å². The standard InChI is InChI=1S/C21H23N3O2/c1-16(17-7-6-10-19(13-17)24-12-11-22-15-24)23-20(25)14-21(2,26)18-8-4-3-5-9-18/h3-13,15-16,26H,14H2,1-2H3,(H,23,25). The highest BCUT2D eigenvalue weighted by atomic mass is 16.3. The van der Waals surface area contributed by atoms with Crippen molar-refractivity contribution in [2.24, 2.45) is 0 Å². The molecule has 0 aliphatic carbocycles. The molecule has 2 aromatic carbocycles. The van der Waals surface area contributed by atoms with Crippen molar-refractivity contribution < 1.29 is 9.90 Å². The molecule has 0 bridgehead atoms. The molecule has 134 valence electrons. The third-order valence-electron chi connectivity index (χ3n) is 4.45. The molecule has 5 nitrogen and oxygen atoms in total. The minimum absolute atomic E-state index is 0.00254. The van der Waals surface area contributed by atoms with Crippen LogP contribution >= 0.6 is 0 Å². The highest BCUT2D eigenvalue weighted by Gasteiger charge is 2.27. The monoisotopic (exact) mass is 349 g/mol. The van der Waals surface area contributed by atoms with E-state index in [4.69, 9.17) is 0 Å². The van der Waals surface area contributed by atoms with E-state index in [1.165, 1.54) is 0 Å². The molecule has 1 aromatic heterocycles. The number of carbonyl (C=O) groups is 1. The van der Waals surface area contributed by atoms with Crippen molar-refractivity contribution in [2.45, 2.75) is 31.9 Å². The molecule has 0 aliphatic rings. The van der Waals surface area contributed by atoms with Gasteiger partial charge >= 0.3 is 0 Å². The van der Waals surface area contributed by atoms with Crippen LogP contribution in [0.25, 0.3) is 5.69 Å². The van der Waals surface area contributed by atoms with Crippen LogP contribution in [-0.2, 0) is 10.4 Å². The number of carbonyl (C=O) groups excluding carboxylic acids is 1. The topological polar surface area (TPSA) is 67.2 Å². The smallest absolute Gasteiger partial charge is 0.223 e. The van der Waals surface area contributed by atoms with Crippen molar-refractivity contribution in [3.05, 3.63) is 84.4 Å². The number of nitrogens with one attached hydrogen (secondary N) is 1. The van der Waals surface area contributed by atoms with E-state index in [0.29, 0.717) is 0 Å². The lowest BCUT2D eigenvalue weighted by Gasteiger charge is -2.24. The van der Waals surface area contributed by atoms with Crippen molar-refractivity contribution in [3.8, 4) is 5.69 Å². The molecule has 26 heavy (non-hydrogen) atoms. The molecule has 0 radical (unpaired) electrons. The van der Waals surface area contributed by atoms with E-state index in [9.17, 15) is 9.90 Å². The first kappa shape index (κ1) is 17.9. The Morgan fingerprint density at radius 3 is 2.69 bits per heavy atom. The molecular weight excluding hydrogens is 326 g/mol. The van der Waals surface area contributed by atoms with Gasteiger partial charge in [-0.05, 0) is 37.1 Å². The van der Waals surface area contributed by atoms with Crippen molar-refractivity contribution in [2.75, 3.05) is 0 Å². The lowest BCUT2D eigenvalue weighted by atomic mass is 9.92. The van der Waals surface area contributed by atoms with Gasteiger partial charge in [-0.15, -0.1) is 0 Å². The Bertz CT molecular complexity index is 858. The maximum absolute atomic E-state index is 12.4. The zero-order valence-corrected chi connectivity index (χ0v) is 15.0. The maximum atomic E-state index is 12.4. The van der Waals surface area contributed by atoms with Gasteiger partial charge in [0.05, 0.1) is 24.4 Å². The molecule has 5 heteroatoms.